The fraction of sp³-hybridized carbons (Fsp3) is 0.250. The molecule has 1 aliphatic heterocycles. The molecule has 3 rings (SSSR count). The Morgan fingerprint density at radius 3 is 2.59 bits per heavy atom. The van der Waals surface area contributed by atoms with Crippen molar-refractivity contribution in [1.82, 2.24) is 10.2 Å². The third-order valence-corrected chi connectivity index (χ3v) is 5.15. The maximum Gasteiger partial charge on any atom is 0.325 e. The van der Waals surface area contributed by atoms with Crippen molar-refractivity contribution < 1.29 is 23.9 Å². The molecule has 29 heavy (non-hydrogen) atoms. The lowest BCUT2D eigenvalue weighted by Gasteiger charge is -2.22. The highest BCUT2D eigenvalue weighted by Crippen LogP contribution is 2.31. The van der Waals surface area contributed by atoms with Crippen LogP contribution in [0.2, 0.25) is 0 Å². The molecule has 152 valence electrons. The number of nitrogens with zero attached hydrogens (tertiary/aromatic N) is 1. The number of methoxy groups -OCH3 is 2. The number of anilines is 1. The Labute approximate surface area is 176 Å². The number of imide groups is 1. The van der Waals surface area contributed by atoms with Gasteiger partial charge in [0.05, 0.1) is 19.9 Å². The Hall–Kier alpha value is -3.07. The van der Waals surface area contributed by atoms with E-state index in [0.717, 1.165) is 9.37 Å². The van der Waals surface area contributed by atoms with Gasteiger partial charge in [-0.3, -0.25) is 14.5 Å². The van der Waals surface area contributed by atoms with Gasteiger partial charge >= 0.3 is 6.03 Å². The van der Waals surface area contributed by atoms with Gasteiger partial charge in [-0.15, -0.1) is 0 Å². The number of hydrogen-bond acceptors (Lipinski definition) is 5. The zero-order chi connectivity index (χ0) is 21.2. The van der Waals surface area contributed by atoms with E-state index in [1.54, 1.807) is 43.3 Å². The predicted octanol–water partition coefficient (Wildman–Crippen LogP) is 2.87. The van der Waals surface area contributed by atoms with Gasteiger partial charge in [0.25, 0.3) is 5.91 Å². The van der Waals surface area contributed by atoms with E-state index in [2.05, 4.69) is 26.6 Å². The molecule has 0 radical (unpaired) electrons. The first-order valence-electron chi connectivity index (χ1n) is 8.70. The topological polar surface area (TPSA) is 97.0 Å². The van der Waals surface area contributed by atoms with Gasteiger partial charge in [0.15, 0.2) is 0 Å². The van der Waals surface area contributed by atoms with E-state index in [9.17, 15) is 14.4 Å². The number of ether oxygens (including phenoxy) is 2. The average molecular weight is 462 g/mol. The molecule has 9 heteroatoms. The predicted molar refractivity (Wildman–Crippen MR) is 110 cm³/mol. The third kappa shape index (κ3) is 4.04. The van der Waals surface area contributed by atoms with Crippen LogP contribution in [0, 0.1) is 0 Å². The van der Waals surface area contributed by atoms with Gasteiger partial charge in [0.1, 0.15) is 23.6 Å². The van der Waals surface area contributed by atoms with Gasteiger partial charge in [-0.25, -0.2) is 4.79 Å². The van der Waals surface area contributed by atoms with Crippen molar-refractivity contribution in [3.05, 3.63) is 52.5 Å². The van der Waals surface area contributed by atoms with Crippen LogP contribution >= 0.6 is 15.9 Å². The van der Waals surface area contributed by atoms with Crippen LogP contribution in [0.5, 0.6) is 11.5 Å². The van der Waals surface area contributed by atoms with Gasteiger partial charge in [-0.05, 0) is 36.8 Å². The third-order valence-electron chi connectivity index (χ3n) is 4.66. The van der Waals surface area contributed by atoms with E-state index in [0.29, 0.717) is 22.7 Å². The molecule has 2 aromatic rings. The van der Waals surface area contributed by atoms with Crippen LogP contribution in [0.25, 0.3) is 0 Å². The van der Waals surface area contributed by atoms with Crippen LogP contribution in [-0.2, 0) is 15.1 Å². The van der Waals surface area contributed by atoms with Crippen LogP contribution < -0.4 is 20.1 Å². The van der Waals surface area contributed by atoms with E-state index in [4.69, 9.17) is 9.47 Å². The SMILES string of the molecule is COc1ccc(OC)c(NC(=O)CN2C(=O)NC(C)(c3cccc(Br)c3)C2=O)c1. The number of urea groups is 1. The van der Waals surface area contributed by atoms with Crippen LogP contribution in [0.3, 0.4) is 0 Å². The summed E-state index contributed by atoms with van der Waals surface area (Å²) in [6.45, 7) is 1.17. The Kier molecular flexibility index (Phi) is 5.78. The van der Waals surface area contributed by atoms with Crippen LogP contribution in [0.15, 0.2) is 46.9 Å². The summed E-state index contributed by atoms with van der Waals surface area (Å²) in [6.07, 6.45) is 0. The highest BCUT2D eigenvalue weighted by atomic mass is 79.9. The molecule has 1 saturated heterocycles. The van der Waals surface area contributed by atoms with Crippen molar-refractivity contribution in [3.63, 3.8) is 0 Å². The maximum absolute atomic E-state index is 13.0. The molecular formula is C20H20BrN3O5. The van der Waals surface area contributed by atoms with Gasteiger partial charge in [-0.2, -0.15) is 0 Å². The van der Waals surface area contributed by atoms with Crippen LogP contribution in [0.1, 0.15) is 12.5 Å². The fourth-order valence-corrected chi connectivity index (χ4v) is 3.48. The molecule has 0 aliphatic carbocycles. The number of carbonyl (C=O) groups excluding carboxylic acids is 3. The quantitative estimate of drug-likeness (QED) is 0.644. The van der Waals surface area contributed by atoms with Crippen molar-refractivity contribution in [2.24, 2.45) is 0 Å². The molecule has 1 aliphatic rings. The lowest BCUT2D eigenvalue weighted by molar-refractivity contribution is -0.133. The molecular weight excluding hydrogens is 442 g/mol. The summed E-state index contributed by atoms with van der Waals surface area (Å²) in [5.41, 5.74) is -0.268. The number of nitrogens with one attached hydrogen (secondary N) is 2. The van der Waals surface area contributed by atoms with Crippen LogP contribution in [0.4, 0.5) is 10.5 Å². The van der Waals surface area contributed by atoms with E-state index in [-0.39, 0.29) is 0 Å². The largest absolute Gasteiger partial charge is 0.497 e. The highest BCUT2D eigenvalue weighted by Gasteiger charge is 2.49. The normalized spacial score (nSPS) is 18.4. The minimum absolute atomic E-state index is 0.374. The first-order valence-corrected chi connectivity index (χ1v) is 9.50. The molecule has 1 heterocycles. The summed E-state index contributed by atoms with van der Waals surface area (Å²) >= 11 is 3.36. The molecule has 0 aromatic heterocycles. The Morgan fingerprint density at radius 1 is 1.17 bits per heavy atom. The number of carbonyl (C=O) groups is 3. The van der Waals surface area contributed by atoms with Crippen LogP contribution in [-0.4, -0.2) is 43.5 Å². The standard InChI is InChI=1S/C20H20BrN3O5/c1-20(12-5-4-6-13(21)9-12)18(26)24(19(27)23-20)11-17(25)22-15-10-14(28-2)7-8-16(15)29-3/h4-10H,11H2,1-3H3,(H,22,25)(H,23,27). The molecule has 8 nitrogen and oxygen atoms in total. The second kappa shape index (κ2) is 8.12. The summed E-state index contributed by atoms with van der Waals surface area (Å²) in [6, 6.07) is 11.4. The van der Waals surface area contributed by atoms with Crippen molar-refractivity contribution in [2.75, 3.05) is 26.1 Å². The molecule has 0 spiro atoms. The summed E-state index contributed by atoms with van der Waals surface area (Å²) in [7, 11) is 2.97. The molecule has 0 saturated carbocycles. The second-order valence-electron chi connectivity index (χ2n) is 6.57. The molecule has 0 bridgehead atoms. The minimum atomic E-state index is -1.26. The fourth-order valence-electron chi connectivity index (χ4n) is 3.08. The molecule has 1 unspecified atom stereocenters. The maximum atomic E-state index is 13.0. The molecule has 4 amide bonds. The lowest BCUT2D eigenvalue weighted by Crippen LogP contribution is -2.42. The monoisotopic (exact) mass is 461 g/mol. The Bertz CT molecular complexity index is 980. The van der Waals surface area contributed by atoms with Crippen molar-refractivity contribution in [1.29, 1.82) is 0 Å². The first-order chi connectivity index (χ1) is 13.8. The van der Waals surface area contributed by atoms with Crippen molar-refractivity contribution in [2.45, 2.75) is 12.5 Å². The molecule has 2 N–H and O–H groups in total. The lowest BCUT2D eigenvalue weighted by atomic mass is 9.92. The number of rotatable bonds is 6. The zero-order valence-corrected chi connectivity index (χ0v) is 17.7. The molecule has 1 atom stereocenters. The Balaban J connectivity index is 1.78. The summed E-state index contributed by atoms with van der Waals surface area (Å²) in [4.78, 5) is 38.8. The number of hydrogen-bond donors (Lipinski definition) is 2. The van der Waals surface area contributed by atoms with Gasteiger partial charge < -0.3 is 20.1 Å². The number of benzene rings is 2. The Morgan fingerprint density at radius 2 is 1.93 bits per heavy atom. The van der Waals surface area contributed by atoms with Crippen molar-refractivity contribution >= 4 is 39.5 Å². The van der Waals surface area contributed by atoms with Crippen molar-refractivity contribution in [3.8, 4) is 11.5 Å². The number of halogens is 1. The average Bonchev–Trinajstić information content (AvgIpc) is 2.92. The minimum Gasteiger partial charge on any atom is -0.497 e. The molecule has 1 fully saturated rings. The second-order valence-corrected chi connectivity index (χ2v) is 7.49. The van der Waals surface area contributed by atoms with E-state index in [1.165, 1.54) is 14.2 Å². The highest BCUT2D eigenvalue weighted by molar-refractivity contribution is 9.10. The van der Waals surface area contributed by atoms with E-state index >= 15 is 0 Å². The first kappa shape index (κ1) is 20.7. The van der Waals surface area contributed by atoms with E-state index < -0.39 is 29.9 Å². The summed E-state index contributed by atoms with van der Waals surface area (Å²) < 4.78 is 11.2. The van der Waals surface area contributed by atoms with Gasteiger partial charge in [-0.1, -0.05) is 28.1 Å². The van der Waals surface area contributed by atoms with Gasteiger partial charge in [0.2, 0.25) is 5.91 Å². The summed E-state index contributed by atoms with van der Waals surface area (Å²) in [5, 5.41) is 5.33. The smallest absolute Gasteiger partial charge is 0.325 e. The van der Waals surface area contributed by atoms with E-state index in [1.807, 2.05) is 6.07 Å². The summed E-state index contributed by atoms with van der Waals surface area (Å²) in [5.74, 6) is -0.0967. The zero-order valence-electron chi connectivity index (χ0n) is 16.1. The molecule has 2 aromatic carbocycles. The number of amides is 4. The van der Waals surface area contributed by atoms with Gasteiger partial charge in [0, 0.05) is 10.5 Å².